The van der Waals surface area contributed by atoms with Gasteiger partial charge in [0.2, 0.25) is 6.79 Å². The van der Waals surface area contributed by atoms with Crippen molar-refractivity contribution < 1.29 is 18.8 Å². The van der Waals surface area contributed by atoms with Crippen LogP contribution in [-0.2, 0) is 6.42 Å². The average molecular weight is 500 g/mol. The zero-order valence-electron chi connectivity index (χ0n) is 20.9. The third-order valence-corrected chi connectivity index (χ3v) is 6.87. The highest BCUT2D eigenvalue weighted by Crippen LogP contribution is 2.35. The summed E-state index contributed by atoms with van der Waals surface area (Å²) in [5, 5.41) is 5.21. The minimum Gasteiger partial charge on any atom is -0.454 e. The molecule has 4 aromatic rings. The largest absolute Gasteiger partial charge is 0.454 e. The third-order valence-electron chi connectivity index (χ3n) is 6.87. The van der Waals surface area contributed by atoms with Gasteiger partial charge < -0.3 is 23.8 Å². The van der Waals surface area contributed by atoms with Crippen LogP contribution in [0.15, 0.2) is 53.1 Å². The smallest absolute Gasteiger partial charge is 0.263 e. The van der Waals surface area contributed by atoms with Gasteiger partial charge in [-0.05, 0) is 31.0 Å². The summed E-state index contributed by atoms with van der Waals surface area (Å²) >= 11 is 0. The van der Waals surface area contributed by atoms with E-state index in [4.69, 9.17) is 24.0 Å². The molecular formula is C28H29N5O4. The van der Waals surface area contributed by atoms with E-state index in [0.29, 0.717) is 42.4 Å². The highest BCUT2D eigenvalue weighted by Gasteiger charge is 2.27. The van der Waals surface area contributed by atoms with Gasteiger partial charge in [0.15, 0.2) is 11.5 Å². The second-order valence-corrected chi connectivity index (χ2v) is 9.35. The monoisotopic (exact) mass is 499 g/mol. The molecule has 0 atom stereocenters. The van der Waals surface area contributed by atoms with Gasteiger partial charge in [0, 0.05) is 43.7 Å². The number of aryl methyl sites for hydroxylation is 1. The van der Waals surface area contributed by atoms with Crippen LogP contribution in [0.3, 0.4) is 0 Å². The van der Waals surface area contributed by atoms with E-state index in [2.05, 4.69) is 17.0 Å². The van der Waals surface area contributed by atoms with Crippen molar-refractivity contribution in [1.29, 1.82) is 0 Å². The van der Waals surface area contributed by atoms with Crippen LogP contribution in [0.1, 0.15) is 42.4 Å². The van der Waals surface area contributed by atoms with Crippen molar-refractivity contribution in [3.8, 4) is 22.8 Å². The fraction of sp³-hybridized carbons (Fsp3) is 0.357. The Morgan fingerprint density at radius 1 is 0.973 bits per heavy atom. The summed E-state index contributed by atoms with van der Waals surface area (Å²) in [6, 6.07) is 15.3. The van der Waals surface area contributed by atoms with E-state index in [9.17, 15) is 4.79 Å². The molecular weight excluding hydrogens is 470 g/mol. The van der Waals surface area contributed by atoms with Gasteiger partial charge in [-0.1, -0.05) is 48.8 Å². The minimum atomic E-state index is -0.00780. The molecule has 6 rings (SSSR count). The molecule has 0 N–H and O–H groups in total. The predicted molar refractivity (Wildman–Crippen MR) is 139 cm³/mol. The Morgan fingerprint density at radius 2 is 1.84 bits per heavy atom. The molecule has 0 aliphatic carbocycles. The molecule has 2 aromatic heterocycles. The standard InChI is InChI=1S/C28H29N5O4/c1-2-3-10-23-29-26(24-25(31-37-27(24)30-23)19-8-5-4-6-9-19)32-13-7-14-33(16-15-32)28(34)20-11-12-21-22(17-20)36-18-35-21/h4-6,8-9,11-12,17H,2-3,7,10,13-16,18H2,1H3. The van der Waals surface area contributed by atoms with Gasteiger partial charge in [-0.3, -0.25) is 4.79 Å². The molecule has 2 aromatic carbocycles. The van der Waals surface area contributed by atoms with Crippen molar-refractivity contribution in [2.24, 2.45) is 0 Å². The van der Waals surface area contributed by atoms with Crippen LogP contribution >= 0.6 is 0 Å². The summed E-state index contributed by atoms with van der Waals surface area (Å²) in [7, 11) is 0. The first-order valence-corrected chi connectivity index (χ1v) is 12.9. The van der Waals surface area contributed by atoms with Crippen molar-refractivity contribution in [1.82, 2.24) is 20.0 Å². The van der Waals surface area contributed by atoms with E-state index in [1.807, 2.05) is 35.2 Å². The van der Waals surface area contributed by atoms with Gasteiger partial charge in [-0.25, -0.2) is 4.98 Å². The van der Waals surface area contributed by atoms with Gasteiger partial charge in [-0.2, -0.15) is 4.98 Å². The summed E-state index contributed by atoms with van der Waals surface area (Å²) in [5.41, 5.74) is 2.81. The fourth-order valence-corrected chi connectivity index (χ4v) is 4.89. The molecule has 9 heteroatoms. The lowest BCUT2D eigenvalue weighted by atomic mass is 10.1. The first kappa shape index (κ1) is 23.3. The number of unbranched alkanes of at least 4 members (excludes halogenated alkanes) is 1. The van der Waals surface area contributed by atoms with E-state index in [0.717, 1.165) is 60.5 Å². The normalized spacial score (nSPS) is 15.3. The van der Waals surface area contributed by atoms with Gasteiger partial charge in [0.1, 0.15) is 22.7 Å². The minimum absolute atomic E-state index is 0.00780. The molecule has 9 nitrogen and oxygen atoms in total. The number of anilines is 1. The zero-order chi connectivity index (χ0) is 25.2. The maximum Gasteiger partial charge on any atom is 0.263 e. The highest BCUT2D eigenvalue weighted by molar-refractivity contribution is 5.98. The third kappa shape index (κ3) is 4.57. The van der Waals surface area contributed by atoms with Crippen LogP contribution in [0.5, 0.6) is 11.5 Å². The van der Waals surface area contributed by atoms with Crippen molar-refractivity contribution in [3.05, 3.63) is 59.9 Å². The molecule has 2 aliphatic heterocycles. The van der Waals surface area contributed by atoms with Crippen LogP contribution in [0.4, 0.5) is 5.82 Å². The summed E-state index contributed by atoms with van der Waals surface area (Å²) in [5.74, 6) is 2.87. The SMILES string of the molecule is CCCCc1nc(N2CCCN(C(=O)c3ccc4c(c3)OCO4)CC2)c2c(-c3ccccc3)noc2n1. The highest BCUT2D eigenvalue weighted by atomic mass is 16.7. The van der Waals surface area contributed by atoms with E-state index in [1.54, 1.807) is 18.2 Å². The first-order chi connectivity index (χ1) is 18.2. The van der Waals surface area contributed by atoms with Crippen LogP contribution in [-0.4, -0.2) is 58.9 Å². The lowest BCUT2D eigenvalue weighted by Crippen LogP contribution is -2.35. The lowest BCUT2D eigenvalue weighted by molar-refractivity contribution is 0.0766. The number of carbonyl (C=O) groups is 1. The van der Waals surface area contributed by atoms with Crippen molar-refractivity contribution in [3.63, 3.8) is 0 Å². The van der Waals surface area contributed by atoms with Crippen LogP contribution in [0, 0.1) is 0 Å². The number of ether oxygens (including phenoxy) is 2. The first-order valence-electron chi connectivity index (χ1n) is 12.9. The molecule has 37 heavy (non-hydrogen) atoms. The van der Waals surface area contributed by atoms with E-state index in [-0.39, 0.29) is 12.7 Å². The second kappa shape index (κ2) is 10.1. The molecule has 1 saturated heterocycles. The molecule has 1 amide bonds. The number of fused-ring (bicyclic) bond motifs is 2. The molecule has 190 valence electrons. The summed E-state index contributed by atoms with van der Waals surface area (Å²) < 4.78 is 16.6. The van der Waals surface area contributed by atoms with Crippen molar-refractivity contribution in [2.75, 3.05) is 37.9 Å². The molecule has 0 radical (unpaired) electrons. The van der Waals surface area contributed by atoms with Crippen LogP contribution in [0.2, 0.25) is 0 Å². The van der Waals surface area contributed by atoms with E-state index in [1.165, 1.54) is 0 Å². The molecule has 1 fully saturated rings. The van der Waals surface area contributed by atoms with E-state index < -0.39 is 0 Å². The van der Waals surface area contributed by atoms with Gasteiger partial charge >= 0.3 is 0 Å². The molecule has 0 unspecified atom stereocenters. The molecule has 0 bridgehead atoms. The van der Waals surface area contributed by atoms with E-state index >= 15 is 0 Å². The Morgan fingerprint density at radius 3 is 2.70 bits per heavy atom. The maximum absolute atomic E-state index is 13.3. The topological polar surface area (TPSA) is 93.8 Å². The van der Waals surface area contributed by atoms with Crippen LogP contribution in [0.25, 0.3) is 22.4 Å². The molecule has 4 heterocycles. The lowest BCUT2D eigenvalue weighted by Gasteiger charge is -2.24. The number of rotatable bonds is 6. The molecule has 2 aliphatic rings. The Kier molecular flexibility index (Phi) is 6.34. The fourth-order valence-electron chi connectivity index (χ4n) is 4.89. The number of amides is 1. The molecule has 0 spiro atoms. The number of carbonyl (C=O) groups excluding carboxylic acids is 1. The Balaban J connectivity index is 1.30. The average Bonchev–Trinajstić information content (AvgIpc) is 3.51. The number of hydrogen-bond acceptors (Lipinski definition) is 8. The second-order valence-electron chi connectivity index (χ2n) is 9.35. The number of aromatic nitrogens is 3. The van der Waals surface area contributed by atoms with Crippen molar-refractivity contribution >= 4 is 22.8 Å². The van der Waals surface area contributed by atoms with Crippen molar-refractivity contribution in [2.45, 2.75) is 32.6 Å². The van der Waals surface area contributed by atoms with Gasteiger partial charge in [0.05, 0.1) is 0 Å². The summed E-state index contributed by atoms with van der Waals surface area (Å²) in [6.07, 6.45) is 3.66. The molecule has 0 saturated carbocycles. The Labute approximate surface area is 215 Å². The Hall–Kier alpha value is -4.14. The maximum atomic E-state index is 13.3. The van der Waals surface area contributed by atoms with Crippen LogP contribution < -0.4 is 14.4 Å². The van der Waals surface area contributed by atoms with Gasteiger partial charge in [-0.15, -0.1) is 0 Å². The Bertz CT molecular complexity index is 1420. The number of nitrogens with zero attached hydrogens (tertiary/aromatic N) is 5. The predicted octanol–water partition coefficient (Wildman–Crippen LogP) is 4.71. The summed E-state index contributed by atoms with van der Waals surface area (Å²) in [6.45, 7) is 5.00. The number of benzene rings is 2. The number of hydrogen-bond donors (Lipinski definition) is 0. The zero-order valence-corrected chi connectivity index (χ0v) is 20.9. The quantitative estimate of drug-likeness (QED) is 0.377. The summed E-state index contributed by atoms with van der Waals surface area (Å²) in [4.78, 5) is 27.2. The van der Waals surface area contributed by atoms with Gasteiger partial charge in [0.25, 0.3) is 11.6 Å².